The van der Waals surface area contributed by atoms with Gasteiger partial charge in [-0.05, 0) is 25.1 Å². The number of nitro benzene ring substituents is 1. The van der Waals surface area contributed by atoms with Crippen LogP contribution in [0.25, 0.3) is 0 Å². The highest BCUT2D eigenvalue weighted by Gasteiger charge is 2.17. The van der Waals surface area contributed by atoms with Gasteiger partial charge in [-0.15, -0.1) is 0 Å². The van der Waals surface area contributed by atoms with Crippen LogP contribution < -0.4 is 5.32 Å². The number of hydrogen-bond acceptors (Lipinski definition) is 4. The van der Waals surface area contributed by atoms with Crippen LogP contribution in [0.4, 0.5) is 11.4 Å². The maximum absolute atomic E-state index is 11.0. The summed E-state index contributed by atoms with van der Waals surface area (Å²) in [5.41, 5.74) is 1.49. The average Bonchev–Trinajstić information content (AvgIpc) is 2.77. The largest absolute Gasteiger partial charge is 0.371 e. The van der Waals surface area contributed by atoms with Gasteiger partial charge < -0.3 is 5.32 Å². The van der Waals surface area contributed by atoms with Gasteiger partial charge in [0.25, 0.3) is 5.69 Å². The van der Waals surface area contributed by atoms with Crippen molar-refractivity contribution in [2.75, 3.05) is 5.32 Å². The average molecular weight is 325 g/mol. The molecule has 1 aromatic carbocycles. The lowest BCUT2D eigenvalue weighted by atomic mass is 10.2. The monoisotopic (exact) mass is 324 g/mol. The van der Waals surface area contributed by atoms with Crippen molar-refractivity contribution in [1.82, 2.24) is 9.78 Å². The van der Waals surface area contributed by atoms with E-state index in [4.69, 9.17) is 0 Å². The van der Waals surface area contributed by atoms with Gasteiger partial charge in [-0.1, -0.05) is 15.9 Å². The summed E-state index contributed by atoms with van der Waals surface area (Å²) in [6.45, 7) is 1.93. The zero-order valence-electron chi connectivity index (χ0n) is 10.5. The Balaban J connectivity index is 2.29. The molecular weight excluding hydrogens is 312 g/mol. The molecule has 7 heteroatoms. The number of halogens is 1. The summed E-state index contributed by atoms with van der Waals surface area (Å²) in [4.78, 5) is 10.6. The van der Waals surface area contributed by atoms with Gasteiger partial charge in [-0.2, -0.15) is 5.10 Å². The van der Waals surface area contributed by atoms with Crippen LogP contribution in [-0.4, -0.2) is 14.7 Å². The number of anilines is 1. The van der Waals surface area contributed by atoms with E-state index >= 15 is 0 Å². The highest BCUT2D eigenvalue weighted by molar-refractivity contribution is 9.10. The highest BCUT2D eigenvalue weighted by Crippen LogP contribution is 2.30. The van der Waals surface area contributed by atoms with Crippen molar-refractivity contribution >= 4 is 27.3 Å². The third-order valence-corrected chi connectivity index (χ3v) is 3.32. The Labute approximate surface area is 118 Å². The third-order valence-electron chi connectivity index (χ3n) is 2.83. The normalized spacial score (nSPS) is 12.2. The van der Waals surface area contributed by atoms with E-state index in [0.29, 0.717) is 10.2 Å². The van der Waals surface area contributed by atoms with Gasteiger partial charge in [-0.25, -0.2) is 0 Å². The van der Waals surface area contributed by atoms with Crippen molar-refractivity contribution < 1.29 is 4.92 Å². The van der Waals surface area contributed by atoms with Gasteiger partial charge in [0.05, 0.1) is 16.7 Å². The molecular formula is C12H13BrN4O2. The quantitative estimate of drug-likeness (QED) is 0.692. The Kier molecular flexibility index (Phi) is 3.84. The summed E-state index contributed by atoms with van der Waals surface area (Å²) >= 11 is 3.23. The number of nitro groups is 1. The van der Waals surface area contributed by atoms with Gasteiger partial charge in [0.2, 0.25) is 0 Å². The standard InChI is InChI=1S/C12H13BrN4O2/c1-8(11-5-6-14-16(11)2)15-10-4-3-9(13)7-12(10)17(18)19/h3-8,15H,1-2H3. The molecule has 1 unspecified atom stereocenters. The molecule has 0 aliphatic heterocycles. The number of aromatic nitrogens is 2. The summed E-state index contributed by atoms with van der Waals surface area (Å²) in [5.74, 6) is 0. The summed E-state index contributed by atoms with van der Waals surface area (Å²) in [6, 6.07) is 6.74. The number of nitrogens with zero attached hydrogens (tertiary/aromatic N) is 3. The molecule has 1 aromatic heterocycles. The van der Waals surface area contributed by atoms with E-state index in [1.165, 1.54) is 6.07 Å². The lowest BCUT2D eigenvalue weighted by Gasteiger charge is -2.15. The second-order valence-electron chi connectivity index (χ2n) is 4.16. The topological polar surface area (TPSA) is 73.0 Å². The summed E-state index contributed by atoms with van der Waals surface area (Å²) in [5, 5.41) is 18.3. The van der Waals surface area contributed by atoms with Crippen molar-refractivity contribution in [2.24, 2.45) is 7.05 Å². The molecule has 0 amide bonds. The lowest BCUT2D eigenvalue weighted by molar-refractivity contribution is -0.384. The Morgan fingerprint density at radius 1 is 1.47 bits per heavy atom. The molecule has 100 valence electrons. The first-order valence-electron chi connectivity index (χ1n) is 5.67. The molecule has 19 heavy (non-hydrogen) atoms. The second-order valence-corrected chi connectivity index (χ2v) is 5.08. The fourth-order valence-electron chi connectivity index (χ4n) is 1.89. The van der Waals surface area contributed by atoms with Crippen LogP contribution in [0.15, 0.2) is 34.9 Å². The van der Waals surface area contributed by atoms with Gasteiger partial charge in [0.15, 0.2) is 0 Å². The highest BCUT2D eigenvalue weighted by atomic mass is 79.9. The molecule has 6 nitrogen and oxygen atoms in total. The van der Waals surface area contributed by atoms with Crippen LogP contribution >= 0.6 is 15.9 Å². The van der Waals surface area contributed by atoms with Gasteiger partial charge in [0.1, 0.15) is 5.69 Å². The Bertz CT molecular complexity index is 612. The molecule has 0 saturated carbocycles. The molecule has 1 atom stereocenters. The maximum Gasteiger partial charge on any atom is 0.293 e. The molecule has 0 bridgehead atoms. The van der Waals surface area contributed by atoms with Crippen molar-refractivity contribution in [3.05, 3.63) is 50.7 Å². The molecule has 2 rings (SSSR count). The van der Waals surface area contributed by atoms with E-state index in [0.717, 1.165) is 5.69 Å². The molecule has 0 spiro atoms. The molecule has 1 N–H and O–H groups in total. The van der Waals surface area contributed by atoms with Gasteiger partial charge in [0, 0.05) is 23.8 Å². The Hall–Kier alpha value is -1.89. The minimum Gasteiger partial charge on any atom is -0.371 e. The second kappa shape index (κ2) is 5.40. The van der Waals surface area contributed by atoms with E-state index in [2.05, 4.69) is 26.3 Å². The first kappa shape index (κ1) is 13.5. The minimum absolute atomic E-state index is 0.0448. The van der Waals surface area contributed by atoms with Crippen molar-refractivity contribution in [2.45, 2.75) is 13.0 Å². The van der Waals surface area contributed by atoms with E-state index in [9.17, 15) is 10.1 Å². The maximum atomic E-state index is 11.0. The molecule has 2 aromatic rings. The van der Waals surface area contributed by atoms with Crippen molar-refractivity contribution in [3.8, 4) is 0 Å². The molecule has 0 fully saturated rings. The SMILES string of the molecule is CC(Nc1ccc(Br)cc1[N+](=O)[O-])c1ccnn1C. The first-order valence-corrected chi connectivity index (χ1v) is 6.46. The van der Waals surface area contributed by atoms with E-state index in [1.807, 2.05) is 20.0 Å². The van der Waals surface area contributed by atoms with Gasteiger partial charge in [-0.3, -0.25) is 14.8 Å². The van der Waals surface area contributed by atoms with Crippen LogP contribution in [0.1, 0.15) is 18.7 Å². The zero-order chi connectivity index (χ0) is 14.0. The zero-order valence-corrected chi connectivity index (χ0v) is 12.1. The third kappa shape index (κ3) is 2.93. The lowest BCUT2D eigenvalue weighted by Crippen LogP contribution is -2.12. The molecule has 0 radical (unpaired) electrons. The van der Waals surface area contributed by atoms with E-state index in [-0.39, 0.29) is 11.7 Å². The van der Waals surface area contributed by atoms with Gasteiger partial charge >= 0.3 is 0 Å². The molecule has 1 heterocycles. The number of nitrogens with one attached hydrogen (secondary N) is 1. The van der Waals surface area contributed by atoms with Crippen LogP contribution in [0.2, 0.25) is 0 Å². The molecule has 0 aliphatic carbocycles. The minimum atomic E-state index is -0.400. The molecule has 0 saturated heterocycles. The number of aryl methyl sites for hydroxylation is 1. The smallest absolute Gasteiger partial charge is 0.293 e. The summed E-state index contributed by atoms with van der Waals surface area (Å²) < 4.78 is 2.42. The van der Waals surface area contributed by atoms with Crippen molar-refractivity contribution in [1.29, 1.82) is 0 Å². The number of rotatable bonds is 4. The number of benzene rings is 1. The predicted molar refractivity (Wildman–Crippen MR) is 76.0 cm³/mol. The summed E-state index contributed by atoms with van der Waals surface area (Å²) in [6.07, 6.45) is 1.70. The van der Waals surface area contributed by atoms with Crippen LogP contribution in [0.5, 0.6) is 0 Å². The Morgan fingerprint density at radius 2 is 2.21 bits per heavy atom. The van der Waals surface area contributed by atoms with Crippen molar-refractivity contribution in [3.63, 3.8) is 0 Å². The van der Waals surface area contributed by atoms with E-state index in [1.54, 1.807) is 23.0 Å². The fourth-order valence-corrected chi connectivity index (χ4v) is 2.24. The van der Waals surface area contributed by atoms with Crippen LogP contribution in [0.3, 0.4) is 0 Å². The first-order chi connectivity index (χ1) is 8.99. The Morgan fingerprint density at radius 3 is 2.79 bits per heavy atom. The number of hydrogen-bond donors (Lipinski definition) is 1. The fraction of sp³-hybridized carbons (Fsp3) is 0.250. The van der Waals surface area contributed by atoms with Crippen LogP contribution in [0, 0.1) is 10.1 Å². The predicted octanol–water partition coefficient (Wildman–Crippen LogP) is 3.26. The molecule has 0 aliphatic rings. The summed E-state index contributed by atoms with van der Waals surface area (Å²) in [7, 11) is 1.84. The van der Waals surface area contributed by atoms with E-state index < -0.39 is 4.92 Å². The van der Waals surface area contributed by atoms with Crippen LogP contribution in [-0.2, 0) is 7.05 Å².